The van der Waals surface area contributed by atoms with E-state index < -0.39 is 0 Å². The Balaban J connectivity index is 1.03. The Hall–Kier alpha value is -2.48. The van der Waals surface area contributed by atoms with Crippen molar-refractivity contribution in [3.05, 3.63) is 54.1 Å². The van der Waals surface area contributed by atoms with E-state index in [1.807, 2.05) is 30.3 Å². The first-order chi connectivity index (χ1) is 15.7. The van der Waals surface area contributed by atoms with E-state index in [4.69, 9.17) is 9.47 Å². The molecule has 1 aromatic heterocycles. The molecule has 0 spiro atoms. The van der Waals surface area contributed by atoms with Crippen molar-refractivity contribution in [3.8, 4) is 10.9 Å². The number of nitrogens with one attached hydrogen (secondary N) is 1. The number of hydrogen-bond acceptors (Lipinski definition) is 6. The lowest BCUT2D eigenvalue weighted by molar-refractivity contribution is -0.137. The molecule has 2 saturated heterocycles. The molecule has 166 valence electrons. The summed E-state index contributed by atoms with van der Waals surface area (Å²) in [7, 11) is 0. The van der Waals surface area contributed by atoms with E-state index in [1.165, 1.54) is 12.0 Å². The van der Waals surface area contributed by atoms with Crippen molar-refractivity contribution in [1.82, 2.24) is 15.2 Å². The van der Waals surface area contributed by atoms with Crippen molar-refractivity contribution in [2.24, 2.45) is 17.8 Å². The topological polar surface area (TPSA) is 63.7 Å². The number of benzene rings is 2. The van der Waals surface area contributed by atoms with Crippen LogP contribution in [0.3, 0.4) is 0 Å². The molecule has 1 amide bonds. The summed E-state index contributed by atoms with van der Waals surface area (Å²) in [5.74, 6) is 2.56. The second-order valence-corrected chi connectivity index (χ2v) is 10.1. The molecular weight excluding hydrogens is 422 g/mol. The third kappa shape index (κ3) is 4.00. The zero-order valence-corrected chi connectivity index (χ0v) is 18.7. The molecule has 3 fully saturated rings. The van der Waals surface area contributed by atoms with Crippen LogP contribution in [0, 0.1) is 17.8 Å². The number of rotatable bonds is 7. The molecule has 3 heterocycles. The Kier molecular flexibility index (Phi) is 5.33. The normalized spacial score (nSPS) is 26.4. The number of amides is 1. The van der Waals surface area contributed by atoms with Crippen LogP contribution in [-0.4, -0.2) is 48.1 Å². The van der Waals surface area contributed by atoms with Crippen molar-refractivity contribution in [2.75, 3.05) is 26.3 Å². The average Bonchev–Trinajstić information content (AvgIpc) is 3.17. The fourth-order valence-corrected chi connectivity index (χ4v) is 5.92. The zero-order valence-electron chi connectivity index (χ0n) is 17.9. The van der Waals surface area contributed by atoms with Gasteiger partial charge in [-0.3, -0.25) is 4.79 Å². The quantitative estimate of drug-likeness (QED) is 0.589. The first kappa shape index (κ1) is 20.1. The van der Waals surface area contributed by atoms with E-state index in [-0.39, 0.29) is 5.92 Å². The molecule has 2 aliphatic heterocycles. The maximum atomic E-state index is 12.9. The van der Waals surface area contributed by atoms with Gasteiger partial charge in [0.05, 0.1) is 22.7 Å². The Morgan fingerprint density at radius 2 is 2.09 bits per heavy atom. The molecule has 7 heteroatoms. The maximum absolute atomic E-state index is 12.9. The van der Waals surface area contributed by atoms with Crippen LogP contribution in [0.25, 0.3) is 10.2 Å². The van der Waals surface area contributed by atoms with Gasteiger partial charge < -0.3 is 19.7 Å². The number of fused-ring (bicyclic) bond motifs is 2. The van der Waals surface area contributed by atoms with Gasteiger partial charge in [-0.05, 0) is 54.5 Å². The summed E-state index contributed by atoms with van der Waals surface area (Å²) in [6.07, 6.45) is 2.14. The summed E-state index contributed by atoms with van der Waals surface area (Å²) < 4.78 is 12.5. The molecule has 1 N–H and O–H groups in total. The fraction of sp³-hybridized carbons (Fsp3) is 0.440. The molecule has 0 radical (unpaired) electrons. The van der Waals surface area contributed by atoms with Crippen molar-refractivity contribution in [1.29, 1.82) is 0 Å². The van der Waals surface area contributed by atoms with Gasteiger partial charge in [0.25, 0.3) is 5.19 Å². The minimum atomic E-state index is 0.0676. The predicted molar refractivity (Wildman–Crippen MR) is 124 cm³/mol. The number of aromatic nitrogens is 1. The van der Waals surface area contributed by atoms with Crippen molar-refractivity contribution in [2.45, 2.75) is 25.4 Å². The summed E-state index contributed by atoms with van der Waals surface area (Å²) >= 11 is 1.55. The number of piperidine rings is 1. The maximum Gasteiger partial charge on any atom is 0.279 e. The SMILES string of the molecule is O=C([C@H]1CCOC1)N1CC2CC2C1CNCc1ccc(Oc2nc3ccccc3s2)cc1. The highest BCUT2D eigenvalue weighted by Crippen LogP contribution is 2.49. The minimum Gasteiger partial charge on any atom is -0.431 e. The third-order valence-electron chi connectivity index (χ3n) is 6.95. The van der Waals surface area contributed by atoms with E-state index in [2.05, 4.69) is 33.4 Å². The molecular formula is C25H27N3O3S. The minimum absolute atomic E-state index is 0.0676. The number of carbonyl (C=O) groups is 1. The van der Waals surface area contributed by atoms with E-state index in [1.54, 1.807) is 11.3 Å². The molecule has 3 aromatic rings. The van der Waals surface area contributed by atoms with E-state index in [0.29, 0.717) is 35.6 Å². The molecule has 1 aliphatic carbocycles. The van der Waals surface area contributed by atoms with Crippen LogP contribution >= 0.6 is 11.3 Å². The summed E-state index contributed by atoms with van der Waals surface area (Å²) in [6.45, 7) is 3.88. The Labute approximate surface area is 191 Å². The molecule has 0 bridgehead atoms. The largest absolute Gasteiger partial charge is 0.431 e. The molecule has 3 aliphatic rings. The first-order valence-corrected chi connectivity index (χ1v) is 12.3. The highest BCUT2D eigenvalue weighted by atomic mass is 32.1. The van der Waals surface area contributed by atoms with Crippen LogP contribution in [0.1, 0.15) is 18.4 Å². The second kappa shape index (κ2) is 8.46. The summed E-state index contributed by atoms with van der Waals surface area (Å²) in [4.78, 5) is 19.6. The highest BCUT2D eigenvalue weighted by molar-refractivity contribution is 7.20. The number of nitrogens with zero attached hydrogens (tertiary/aromatic N) is 2. The lowest BCUT2D eigenvalue weighted by atomic mass is 10.1. The van der Waals surface area contributed by atoms with Gasteiger partial charge in [-0.2, -0.15) is 0 Å². The van der Waals surface area contributed by atoms with Gasteiger partial charge in [0, 0.05) is 32.3 Å². The van der Waals surface area contributed by atoms with Crippen molar-refractivity contribution in [3.63, 3.8) is 0 Å². The first-order valence-electron chi connectivity index (χ1n) is 11.5. The van der Waals surface area contributed by atoms with Crippen molar-refractivity contribution < 1.29 is 14.3 Å². The molecule has 32 heavy (non-hydrogen) atoms. The van der Waals surface area contributed by atoms with Gasteiger partial charge in [0.1, 0.15) is 5.75 Å². The molecule has 3 unspecified atom stereocenters. The Bertz CT molecular complexity index is 1080. The fourth-order valence-electron chi connectivity index (χ4n) is 5.09. The number of thiazole rings is 1. The van der Waals surface area contributed by atoms with Gasteiger partial charge in [0.2, 0.25) is 5.91 Å². The van der Waals surface area contributed by atoms with Gasteiger partial charge in [-0.1, -0.05) is 35.6 Å². The molecule has 6 nitrogen and oxygen atoms in total. The molecule has 6 rings (SSSR count). The van der Waals surface area contributed by atoms with Crippen LogP contribution in [0.15, 0.2) is 48.5 Å². The lowest BCUT2D eigenvalue weighted by Gasteiger charge is -2.30. The smallest absolute Gasteiger partial charge is 0.279 e. The monoisotopic (exact) mass is 449 g/mol. The van der Waals surface area contributed by atoms with Gasteiger partial charge >= 0.3 is 0 Å². The Morgan fingerprint density at radius 1 is 1.22 bits per heavy atom. The van der Waals surface area contributed by atoms with E-state index in [0.717, 1.165) is 48.6 Å². The number of carbonyl (C=O) groups excluding carboxylic acids is 1. The molecule has 1 saturated carbocycles. The van der Waals surface area contributed by atoms with Gasteiger partial charge in [-0.15, -0.1) is 0 Å². The standard InChI is InChI=1S/C25H27N3O3S/c29-24(17-9-10-30-15-17)28-14-18-11-20(18)22(28)13-26-12-16-5-7-19(8-6-16)31-25-27-21-3-1-2-4-23(21)32-25/h1-8,17-18,20,22,26H,9-15H2/t17-,18?,20?,22?/m0/s1. The van der Waals surface area contributed by atoms with Crippen LogP contribution in [-0.2, 0) is 16.1 Å². The summed E-state index contributed by atoms with van der Waals surface area (Å²) in [5, 5.41) is 4.25. The zero-order chi connectivity index (χ0) is 21.5. The van der Waals surface area contributed by atoms with Gasteiger partial charge in [-0.25, -0.2) is 4.98 Å². The van der Waals surface area contributed by atoms with E-state index >= 15 is 0 Å². The highest BCUT2D eigenvalue weighted by Gasteiger charge is 2.54. The van der Waals surface area contributed by atoms with Crippen molar-refractivity contribution >= 4 is 27.5 Å². The van der Waals surface area contributed by atoms with Crippen LogP contribution in [0.5, 0.6) is 10.9 Å². The Morgan fingerprint density at radius 3 is 2.91 bits per heavy atom. The van der Waals surface area contributed by atoms with E-state index in [9.17, 15) is 4.79 Å². The average molecular weight is 450 g/mol. The van der Waals surface area contributed by atoms with Gasteiger partial charge in [0.15, 0.2) is 0 Å². The van der Waals surface area contributed by atoms with Crippen LogP contribution in [0.2, 0.25) is 0 Å². The number of hydrogen-bond donors (Lipinski definition) is 1. The number of para-hydroxylation sites is 1. The predicted octanol–water partition coefficient (Wildman–Crippen LogP) is 4.06. The summed E-state index contributed by atoms with van der Waals surface area (Å²) in [6, 6.07) is 16.5. The second-order valence-electron chi connectivity index (χ2n) is 9.10. The third-order valence-corrected chi connectivity index (χ3v) is 7.86. The molecule has 4 atom stereocenters. The summed E-state index contributed by atoms with van der Waals surface area (Å²) in [5.41, 5.74) is 2.17. The number of ether oxygens (including phenoxy) is 2. The lowest BCUT2D eigenvalue weighted by Crippen LogP contribution is -2.46. The van der Waals surface area contributed by atoms with Crippen LogP contribution in [0.4, 0.5) is 0 Å². The van der Waals surface area contributed by atoms with Crippen LogP contribution < -0.4 is 10.1 Å². The number of likely N-dealkylation sites (tertiary alicyclic amines) is 1. The molecule has 2 aromatic carbocycles.